The van der Waals surface area contributed by atoms with Crippen molar-refractivity contribution in [1.29, 1.82) is 0 Å². The highest BCUT2D eigenvalue weighted by Gasteiger charge is 2.48. The van der Waals surface area contributed by atoms with Crippen LogP contribution in [0.25, 0.3) is 0 Å². The summed E-state index contributed by atoms with van der Waals surface area (Å²) in [4.78, 5) is 24.3. The third-order valence-electron chi connectivity index (χ3n) is 32.4. The molecule has 0 bridgehead atoms. The van der Waals surface area contributed by atoms with Crippen molar-refractivity contribution in [3.05, 3.63) is 296 Å². The lowest BCUT2D eigenvalue weighted by molar-refractivity contribution is -0.0219. The van der Waals surface area contributed by atoms with E-state index in [-0.39, 0.29) is 0 Å². The van der Waals surface area contributed by atoms with Crippen LogP contribution in [-0.4, -0.2) is 85.1 Å². The Labute approximate surface area is 836 Å². The van der Waals surface area contributed by atoms with E-state index < -0.39 is 5.67 Å². The van der Waals surface area contributed by atoms with E-state index in [0.717, 1.165) is 179 Å². The maximum absolute atomic E-state index is 14.2. The lowest BCUT2D eigenvalue weighted by Gasteiger charge is -2.45. The largest absolute Gasteiger partial charge is 0.495 e. The average molecular weight is 1870 g/mol. The maximum Gasteiger partial charge on any atom is 0.213 e. The highest BCUT2D eigenvalue weighted by molar-refractivity contribution is 5.50. The molecule has 3 saturated heterocycles. The fourth-order valence-electron chi connectivity index (χ4n) is 21.2. The lowest BCUT2D eigenvalue weighted by atomic mass is 9.65. The smallest absolute Gasteiger partial charge is 0.213 e. The molecule has 5 atom stereocenters. The number of nitrogens with zero attached hydrogens (tertiary/aromatic N) is 7. The number of halogens is 1. The summed E-state index contributed by atoms with van der Waals surface area (Å²) in [7, 11) is 3.30. The Bertz CT molecular complexity index is 4670. The van der Waals surface area contributed by atoms with Crippen LogP contribution in [-0.2, 0) is 5.67 Å². The van der Waals surface area contributed by atoms with Crippen molar-refractivity contribution < 1.29 is 23.3 Å². The summed E-state index contributed by atoms with van der Waals surface area (Å²) in [5, 5.41) is 0. The molecule has 0 radical (unpaired) electrons. The van der Waals surface area contributed by atoms with Crippen molar-refractivity contribution in [3.8, 4) is 23.1 Å². The zero-order chi connectivity index (χ0) is 98.8. The summed E-state index contributed by atoms with van der Waals surface area (Å²) in [5.41, 5.74) is 8.16. The van der Waals surface area contributed by atoms with E-state index in [4.69, 9.17) is 18.9 Å². The summed E-state index contributed by atoms with van der Waals surface area (Å²) in [5.74, 6) is 23.3. The van der Waals surface area contributed by atoms with Gasteiger partial charge < -0.3 is 33.6 Å². The minimum absolute atomic E-state index is 0.355. The van der Waals surface area contributed by atoms with Gasteiger partial charge in [0.05, 0.1) is 38.4 Å². The van der Waals surface area contributed by atoms with Gasteiger partial charge in [0.25, 0.3) is 0 Å². The zero-order valence-electron chi connectivity index (χ0n) is 88.9. The minimum atomic E-state index is -1.14. The predicted octanol–water partition coefficient (Wildman–Crippen LogP) is 32.7. The molecule has 11 nitrogen and oxygen atoms in total. The number of benzene rings is 6. The van der Waals surface area contributed by atoms with E-state index in [2.05, 4.69) is 337 Å². The number of hydrogen-bond donors (Lipinski definition) is 0. The number of pyridine rings is 4. The van der Waals surface area contributed by atoms with Crippen LogP contribution in [0.2, 0.25) is 0 Å². The molecule has 138 heavy (non-hydrogen) atoms. The molecule has 6 aromatic carbocycles. The normalized spacial score (nSPS) is 24.6. The summed E-state index contributed by atoms with van der Waals surface area (Å²) >= 11 is 0. The molecule has 0 amide bonds. The fourth-order valence-corrected chi connectivity index (χ4v) is 21.2. The summed E-state index contributed by atoms with van der Waals surface area (Å²) in [6.45, 7) is 52.0. The highest BCUT2D eigenvalue weighted by Crippen LogP contribution is 2.52. The van der Waals surface area contributed by atoms with Crippen LogP contribution >= 0.6 is 0 Å². The predicted molar refractivity (Wildman–Crippen MR) is 581 cm³/mol. The standard InChI is InChI=1S/C14H20.C13H19NO2.C13H18O.2C13H18.C12H16FN.C12H18N2O.3C12H17N/c1-11(2)13-9-6-10-14(13)12-7-4-3-5-8-12;1-9(2)10-6-12(7-10)16-13-5-4-11(15-3)8-14-13;1-10(2)11-8-13(9-11)14-12-6-4-3-5-7-12;1-10(2)12-8-13(9-12)11-6-4-3-5-7-11;1-10(2)12-8-9-13(12)11-6-4-3-5-7-11;1-9(2)10-7-12(13,8-10)11-5-3-4-6-14-11;1-9(2)10-7-14(8-10)12-5-4-11(15-3)6-13-12;1-9(2)10-7-11(8-10)12-5-3-4-6-13-12;1-10(2)11-8-13(9-11)12-6-4-3-5-7-12;1-10(2)12-8-9-13(12)11-6-4-3-5-7-11/h3-5,7-8,11,13-14H,6,9-10H2,1-2H3;4-5,8-10,12H,6-7H2,1-3H3;3-7,10-11,13H,8-9H2,1-2H3;2*3-7,10,12-13H,8-9H2,1-2H3;3-6,9-10H,7-8H2,1-2H3;4-6,9-10H,7-8H2,1-3H3;3-6,9-11H,7-8H2,1-2H3;3-7,10-11H,8-9H2,1-2H3;3-7,10,12H,8-9H2,1-2H3. The Morgan fingerprint density at radius 1 is 0.319 bits per heavy atom. The molecule has 0 spiro atoms. The summed E-state index contributed by atoms with van der Waals surface area (Å²) in [6.07, 6.45) is 27.8. The molecule has 10 aromatic rings. The Kier molecular flexibility index (Phi) is 43.4. The van der Waals surface area contributed by atoms with Gasteiger partial charge in [-0.2, -0.15) is 0 Å². The Hall–Kier alpha value is -9.55. The van der Waals surface area contributed by atoms with Crippen LogP contribution in [0.5, 0.6) is 23.1 Å². The van der Waals surface area contributed by atoms with Crippen molar-refractivity contribution >= 4 is 17.2 Å². The maximum atomic E-state index is 14.2. The Morgan fingerprint density at radius 3 is 1.14 bits per heavy atom. The molecule has 12 heteroatoms. The van der Waals surface area contributed by atoms with E-state index in [1.807, 2.05) is 79.0 Å². The van der Waals surface area contributed by atoms with Crippen molar-refractivity contribution in [1.82, 2.24) is 19.9 Å². The highest BCUT2D eigenvalue weighted by atomic mass is 19.1. The van der Waals surface area contributed by atoms with E-state index in [0.29, 0.717) is 48.5 Å². The molecule has 7 heterocycles. The third-order valence-corrected chi connectivity index (χ3v) is 32.4. The number of alkyl halides is 1. The van der Waals surface area contributed by atoms with Gasteiger partial charge in [-0.05, 0) is 322 Å². The van der Waals surface area contributed by atoms with Crippen LogP contribution in [0, 0.1) is 112 Å². The van der Waals surface area contributed by atoms with Crippen LogP contribution in [0.4, 0.5) is 21.6 Å². The Balaban J connectivity index is 0.000000147. The number of anilines is 3. The molecule has 7 aliphatic carbocycles. The fraction of sp³-hybridized carbons (Fsp3) is 0.556. The van der Waals surface area contributed by atoms with Crippen molar-refractivity contribution in [2.45, 2.75) is 289 Å². The van der Waals surface area contributed by atoms with Crippen molar-refractivity contribution in [2.24, 2.45) is 112 Å². The molecule has 20 rings (SSSR count). The molecule has 748 valence electrons. The molecular weight excluding hydrogens is 1690 g/mol. The number of methoxy groups -OCH3 is 2. The van der Waals surface area contributed by atoms with Crippen molar-refractivity contribution in [3.63, 3.8) is 0 Å². The third kappa shape index (κ3) is 32.8. The second-order valence-corrected chi connectivity index (χ2v) is 45.1. The van der Waals surface area contributed by atoms with Gasteiger partial charge in [0.2, 0.25) is 5.88 Å². The number of aromatic nitrogens is 4. The molecule has 3 aliphatic heterocycles. The number of para-hydroxylation sites is 3. The molecule has 10 fully saturated rings. The second kappa shape index (κ2) is 55.0. The van der Waals surface area contributed by atoms with Crippen LogP contribution in [0.3, 0.4) is 0 Å². The van der Waals surface area contributed by atoms with Gasteiger partial charge in [0, 0.05) is 80.2 Å². The van der Waals surface area contributed by atoms with Gasteiger partial charge in [0.1, 0.15) is 29.2 Å². The van der Waals surface area contributed by atoms with E-state index in [1.165, 1.54) is 114 Å². The average Bonchev–Trinajstić information content (AvgIpc) is 0.886. The number of ether oxygens (including phenoxy) is 4. The van der Waals surface area contributed by atoms with Gasteiger partial charge in [-0.1, -0.05) is 303 Å². The number of rotatable bonds is 24. The van der Waals surface area contributed by atoms with Crippen LogP contribution in [0.1, 0.15) is 293 Å². The van der Waals surface area contributed by atoms with Crippen LogP contribution in [0.15, 0.2) is 267 Å². The first-order valence-corrected chi connectivity index (χ1v) is 53.9. The van der Waals surface area contributed by atoms with E-state index >= 15 is 0 Å². The van der Waals surface area contributed by atoms with E-state index in [1.54, 1.807) is 55.6 Å². The first-order valence-electron chi connectivity index (χ1n) is 53.9. The first-order chi connectivity index (χ1) is 66.4. The quantitative estimate of drug-likeness (QED) is 0.0578. The van der Waals surface area contributed by atoms with Crippen LogP contribution < -0.4 is 33.6 Å². The molecule has 5 unspecified atom stereocenters. The topological polar surface area (TPSA) is 98.2 Å². The van der Waals surface area contributed by atoms with E-state index in [9.17, 15) is 4.39 Å². The van der Waals surface area contributed by atoms with Gasteiger partial charge in [-0.3, -0.25) is 9.97 Å². The first kappa shape index (κ1) is 109. The SMILES string of the molecule is CC(C)C1CC(F)(c2ccccn2)C1.CC(C)C1CC(Oc2ccccc2)C1.CC(C)C1CC(c2ccccc2)C1.CC(C)C1CC(c2ccccn2)C1.CC(C)C1CCC1c1ccccc1.CC(C)C1CCCC1c1ccccc1.CC(C)C1CCN1c1ccccc1.CC(C)C1CN(c2ccccc2)C1.COc1ccc(N2CC(C(C)C)C2)nc1.COc1ccc(OC2CC(C(C)C)C2)nc1. The summed E-state index contributed by atoms with van der Waals surface area (Å²) in [6, 6.07) is 84.7. The van der Waals surface area contributed by atoms with Gasteiger partial charge >= 0.3 is 0 Å². The number of hydrogen-bond acceptors (Lipinski definition) is 11. The molecule has 4 aromatic heterocycles. The van der Waals surface area contributed by atoms with Gasteiger partial charge in [-0.25, -0.2) is 14.4 Å². The van der Waals surface area contributed by atoms with Gasteiger partial charge in [0.15, 0.2) is 5.67 Å². The molecule has 10 aliphatic rings. The lowest BCUT2D eigenvalue weighted by Crippen LogP contribution is -2.50. The molecule has 7 saturated carbocycles. The van der Waals surface area contributed by atoms with Gasteiger partial charge in [-0.15, -0.1) is 0 Å². The molecular formula is C126H178FN7O4. The van der Waals surface area contributed by atoms with Crippen molar-refractivity contribution in [2.75, 3.05) is 61.6 Å². The Morgan fingerprint density at radius 2 is 0.732 bits per heavy atom. The second-order valence-electron chi connectivity index (χ2n) is 45.1. The minimum Gasteiger partial charge on any atom is -0.495 e. The summed E-state index contributed by atoms with van der Waals surface area (Å²) < 4.78 is 35.9. The zero-order valence-corrected chi connectivity index (χ0v) is 88.9. The monoisotopic (exact) mass is 1870 g/mol. The molecule has 0 N–H and O–H groups in total.